The van der Waals surface area contributed by atoms with Gasteiger partial charge in [-0.15, -0.1) is 5.10 Å². The van der Waals surface area contributed by atoms with Crippen molar-refractivity contribution >= 4 is 27.5 Å². The third-order valence-electron chi connectivity index (χ3n) is 2.87. The van der Waals surface area contributed by atoms with Crippen LogP contribution in [0.4, 0.5) is 0 Å². The molecule has 0 bridgehead atoms. The number of nitrogens with zero attached hydrogens (tertiary/aromatic N) is 4. The molecule has 108 valence electrons. The standard InChI is InChI=1S/C13H17BrClN5/c1-8(2)7-16-9(3)13-17-18-19-20(13)11-6-4-5-10(15)12(11)14/h4-6,8-9,16H,7H2,1-3H3. The lowest BCUT2D eigenvalue weighted by molar-refractivity contribution is 0.475. The van der Waals surface area contributed by atoms with Gasteiger partial charge in [0.05, 0.1) is 21.2 Å². The molecular weight excluding hydrogens is 342 g/mol. The van der Waals surface area contributed by atoms with Crippen molar-refractivity contribution in [2.45, 2.75) is 26.8 Å². The molecule has 0 saturated heterocycles. The lowest BCUT2D eigenvalue weighted by Gasteiger charge is -2.15. The minimum absolute atomic E-state index is 0.0540. The van der Waals surface area contributed by atoms with Crippen LogP contribution in [0, 0.1) is 5.92 Å². The minimum Gasteiger partial charge on any atom is -0.307 e. The van der Waals surface area contributed by atoms with Crippen molar-refractivity contribution in [2.75, 3.05) is 6.54 Å². The molecule has 0 spiro atoms. The van der Waals surface area contributed by atoms with E-state index >= 15 is 0 Å². The van der Waals surface area contributed by atoms with Gasteiger partial charge in [0.25, 0.3) is 0 Å². The van der Waals surface area contributed by atoms with E-state index in [1.54, 1.807) is 4.68 Å². The van der Waals surface area contributed by atoms with E-state index in [2.05, 4.69) is 50.6 Å². The van der Waals surface area contributed by atoms with Crippen molar-refractivity contribution in [3.05, 3.63) is 33.5 Å². The smallest absolute Gasteiger partial charge is 0.173 e. The molecule has 2 rings (SSSR count). The van der Waals surface area contributed by atoms with Gasteiger partial charge >= 0.3 is 0 Å². The number of hydrogen-bond acceptors (Lipinski definition) is 4. The summed E-state index contributed by atoms with van der Waals surface area (Å²) in [6.07, 6.45) is 0. The van der Waals surface area contributed by atoms with Gasteiger partial charge < -0.3 is 5.32 Å². The van der Waals surface area contributed by atoms with Crippen molar-refractivity contribution in [1.82, 2.24) is 25.5 Å². The SMILES string of the molecule is CC(C)CNC(C)c1nnnn1-c1cccc(Cl)c1Br. The van der Waals surface area contributed by atoms with Gasteiger partial charge in [0.2, 0.25) is 0 Å². The van der Waals surface area contributed by atoms with Crippen LogP contribution < -0.4 is 5.32 Å². The van der Waals surface area contributed by atoms with Gasteiger partial charge in [0, 0.05) is 0 Å². The molecular formula is C13H17BrClN5. The Morgan fingerprint density at radius 1 is 1.35 bits per heavy atom. The molecule has 1 heterocycles. The number of hydrogen-bond donors (Lipinski definition) is 1. The second kappa shape index (κ2) is 6.65. The summed E-state index contributed by atoms with van der Waals surface area (Å²) in [6, 6.07) is 5.67. The molecule has 1 aromatic carbocycles. The average molecular weight is 359 g/mol. The predicted octanol–water partition coefficient (Wildman–Crippen LogP) is 3.38. The first-order chi connectivity index (χ1) is 9.50. The molecule has 0 aliphatic carbocycles. The normalized spacial score (nSPS) is 12.9. The molecule has 0 radical (unpaired) electrons. The molecule has 7 heteroatoms. The quantitative estimate of drug-likeness (QED) is 0.890. The first kappa shape index (κ1) is 15.4. The van der Waals surface area contributed by atoms with E-state index in [0.29, 0.717) is 10.9 Å². The van der Waals surface area contributed by atoms with Crippen LogP contribution in [-0.2, 0) is 0 Å². The topological polar surface area (TPSA) is 55.6 Å². The third kappa shape index (κ3) is 3.37. The number of nitrogens with one attached hydrogen (secondary N) is 1. The van der Waals surface area contributed by atoms with Gasteiger partial charge in [-0.3, -0.25) is 0 Å². The van der Waals surface area contributed by atoms with Gasteiger partial charge in [0.15, 0.2) is 5.82 Å². The zero-order valence-corrected chi connectivity index (χ0v) is 14.0. The molecule has 1 N–H and O–H groups in total. The van der Waals surface area contributed by atoms with E-state index < -0.39 is 0 Å². The molecule has 20 heavy (non-hydrogen) atoms. The fraction of sp³-hybridized carbons (Fsp3) is 0.462. The van der Waals surface area contributed by atoms with Crippen molar-refractivity contribution < 1.29 is 0 Å². The number of benzene rings is 1. The summed E-state index contributed by atoms with van der Waals surface area (Å²) in [5.41, 5.74) is 0.829. The monoisotopic (exact) mass is 357 g/mol. The van der Waals surface area contributed by atoms with Crippen LogP contribution in [0.25, 0.3) is 5.69 Å². The zero-order chi connectivity index (χ0) is 14.7. The maximum Gasteiger partial charge on any atom is 0.173 e. The van der Waals surface area contributed by atoms with Crippen LogP contribution in [-0.4, -0.2) is 26.8 Å². The Labute approximate surface area is 131 Å². The average Bonchev–Trinajstić information content (AvgIpc) is 2.88. The van der Waals surface area contributed by atoms with E-state index in [-0.39, 0.29) is 6.04 Å². The summed E-state index contributed by atoms with van der Waals surface area (Å²) in [5, 5.41) is 16.0. The summed E-state index contributed by atoms with van der Waals surface area (Å²) in [6.45, 7) is 7.28. The molecule has 1 atom stereocenters. The Hall–Kier alpha value is -0.980. The van der Waals surface area contributed by atoms with Crippen LogP contribution in [0.3, 0.4) is 0 Å². The van der Waals surface area contributed by atoms with Crippen LogP contribution >= 0.6 is 27.5 Å². The second-order valence-corrected chi connectivity index (χ2v) is 6.25. The highest BCUT2D eigenvalue weighted by atomic mass is 79.9. The van der Waals surface area contributed by atoms with Gasteiger partial charge in [-0.2, -0.15) is 4.68 Å². The highest BCUT2D eigenvalue weighted by Gasteiger charge is 2.18. The second-order valence-electron chi connectivity index (χ2n) is 5.05. The van der Waals surface area contributed by atoms with Crippen molar-refractivity contribution in [2.24, 2.45) is 5.92 Å². The molecule has 1 unspecified atom stereocenters. The van der Waals surface area contributed by atoms with Gasteiger partial charge in [0.1, 0.15) is 0 Å². The van der Waals surface area contributed by atoms with E-state index in [0.717, 1.165) is 22.5 Å². The number of rotatable bonds is 5. The van der Waals surface area contributed by atoms with Crippen LogP contribution in [0.2, 0.25) is 5.02 Å². The van der Waals surface area contributed by atoms with Crippen LogP contribution in [0.5, 0.6) is 0 Å². The lowest BCUT2D eigenvalue weighted by atomic mass is 10.2. The van der Waals surface area contributed by atoms with Gasteiger partial charge in [-0.25, -0.2) is 0 Å². The fourth-order valence-electron chi connectivity index (χ4n) is 1.80. The summed E-state index contributed by atoms with van der Waals surface area (Å²) < 4.78 is 2.49. The molecule has 0 amide bonds. The number of aromatic nitrogens is 4. The summed E-state index contributed by atoms with van der Waals surface area (Å²) >= 11 is 9.60. The Bertz CT molecular complexity index is 584. The Kier molecular flexibility index (Phi) is 5.12. The molecule has 0 aliphatic rings. The van der Waals surface area contributed by atoms with Crippen molar-refractivity contribution in [1.29, 1.82) is 0 Å². The maximum absolute atomic E-state index is 6.12. The van der Waals surface area contributed by atoms with Gasteiger partial charge in [-0.05, 0) is 57.9 Å². The summed E-state index contributed by atoms with van der Waals surface area (Å²) in [7, 11) is 0. The lowest BCUT2D eigenvalue weighted by Crippen LogP contribution is -2.25. The molecule has 0 saturated carbocycles. The van der Waals surface area contributed by atoms with Crippen molar-refractivity contribution in [3.8, 4) is 5.69 Å². The Balaban J connectivity index is 2.30. The number of tetrazole rings is 1. The van der Waals surface area contributed by atoms with Crippen LogP contribution in [0.1, 0.15) is 32.6 Å². The molecule has 0 aliphatic heterocycles. The Morgan fingerprint density at radius 2 is 2.10 bits per heavy atom. The number of halogens is 2. The largest absolute Gasteiger partial charge is 0.307 e. The molecule has 5 nitrogen and oxygen atoms in total. The van der Waals surface area contributed by atoms with Gasteiger partial charge in [-0.1, -0.05) is 31.5 Å². The summed E-state index contributed by atoms with van der Waals surface area (Å²) in [5.74, 6) is 1.33. The highest BCUT2D eigenvalue weighted by Crippen LogP contribution is 2.29. The van der Waals surface area contributed by atoms with Crippen molar-refractivity contribution in [3.63, 3.8) is 0 Å². The van der Waals surface area contributed by atoms with Crippen LogP contribution in [0.15, 0.2) is 22.7 Å². The van der Waals surface area contributed by atoms with E-state index in [1.165, 1.54) is 0 Å². The molecule has 1 aromatic heterocycles. The highest BCUT2D eigenvalue weighted by molar-refractivity contribution is 9.10. The summed E-state index contributed by atoms with van der Waals surface area (Å²) in [4.78, 5) is 0. The van der Waals surface area contributed by atoms with E-state index in [4.69, 9.17) is 11.6 Å². The third-order valence-corrected chi connectivity index (χ3v) is 4.25. The first-order valence-electron chi connectivity index (χ1n) is 6.46. The fourth-order valence-corrected chi connectivity index (χ4v) is 2.40. The minimum atomic E-state index is 0.0540. The predicted molar refractivity (Wildman–Crippen MR) is 83.1 cm³/mol. The zero-order valence-electron chi connectivity index (χ0n) is 11.6. The molecule has 2 aromatic rings. The first-order valence-corrected chi connectivity index (χ1v) is 7.63. The van der Waals surface area contributed by atoms with E-state index in [1.807, 2.05) is 25.1 Å². The Morgan fingerprint density at radius 3 is 2.80 bits per heavy atom. The maximum atomic E-state index is 6.12. The van der Waals surface area contributed by atoms with E-state index in [9.17, 15) is 0 Å². The molecule has 0 fully saturated rings.